The van der Waals surface area contributed by atoms with Gasteiger partial charge in [-0.05, 0) is 6.07 Å². The molecule has 0 bridgehead atoms. The molecule has 1 aromatic rings. The van der Waals surface area contributed by atoms with E-state index >= 15 is 0 Å². The molecule has 2 aliphatic rings. The average molecular weight is 305 g/mol. The first-order chi connectivity index (χ1) is 10.6. The lowest BCUT2D eigenvalue weighted by molar-refractivity contribution is -0.402. The van der Waals surface area contributed by atoms with Gasteiger partial charge in [0.2, 0.25) is 0 Å². The van der Waals surface area contributed by atoms with Crippen LogP contribution in [0.5, 0.6) is 0 Å². The second-order valence-electron chi connectivity index (χ2n) is 4.83. The first kappa shape index (κ1) is 14.4. The van der Waals surface area contributed by atoms with Crippen molar-refractivity contribution in [2.45, 2.75) is 6.17 Å². The number of morpholine rings is 1. The Balaban J connectivity index is 1.75. The number of amidine groups is 1. The van der Waals surface area contributed by atoms with Gasteiger partial charge in [0.05, 0.1) is 19.3 Å². The Morgan fingerprint density at radius 3 is 2.82 bits per heavy atom. The van der Waals surface area contributed by atoms with Crippen molar-refractivity contribution in [3.05, 3.63) is 39.8 Å². The summed E-state index contributed by atoms with van der Waals surface area (Å²) < 4.78 is 10.4. The van der Waals surface area contributed by atoms with Crippen molar-refractivity contribution in [3.8, 4) is 0 Å². The van der Waals surface area contributed by atoms with Crippen LogP contribution in [-0.2, 0) is 4.74 Å². The highest BCUT2D eigenvalue weighted by Crippen LogP contribution is 2.19. The Bertz CT molecular complexity index is 657. The third-order valence-electron chi connectivity index (χ3n) is 3.31. The smallest absolute Gasteiger partial charge is 0.397 e. The molecular formula is C13H15N5O4. The predicted octanol–water partition coefficient (Wildman–Crippen LogP) is 0.520. The van der Waals surface area contributed by atoms with Crippen LogP contribution >= 0.6 is 0 Å². The molecule has 2 N–H and O–H groups in total. The summed E-state index contributed by atoms with van der Waals surface area (Å²) in [7, 11) is 0. The highest BCUT2D eigenvalue weighted by Gasteiger charge is 2.20. The second-order valence-corrected chi connectivity index (χ2v) is 4.83. The standard InChI is InChI=1S/C13H15N5O4/c14-12-9(8-17-3-5-21-6-4-17)7-15-13(16-12)10-1-2-11(22-10)18(19)20/h1-2,7-8,12H,3-6,14H2. The van der Waals surface area contributed by atoms with E-state index in [0.717, 1.165) is 18.7 Å². The fourth-order valence-corrected chi connectivity index (χ4v) is 2.15. The zero-order valence-corrected chi connectivity index (χ0v) is 11.7. The predicted molar refractivity (Wildman–Crippen MR) is 78.8 cm³/mol. The number of aliphatic imine (C=N–C) groups is 2. The number of ether oxygens (including phenoxy) is 1. The van der Waals surface area contributed by atoms with E-state index in [1.165, 1.54) is 12.1 Å². The zero-order chi connectivity index (χ0) is 15.5. The number of hydrogen-bond acceptors (Lipinski definition) is 8. The Kier molecular flexibility index (Phi) is 3.98. The van der Waals surface area contributed by atoms with E-state index in [-0.39, 0.29) is 17.5 Å². The molecule has 9 heteroatoms. The topological polar surface area (TPSA) is 119 Å². The number of nitrogens with zero attached hydrogens (tertiary/aromatic N) is 4. The Morgan fingerprint density at radius 2 is 2.18 bits per heavy atom. The van der Waals surface area contributed by atoms with Crippen molar-refractivity contribution in [2.24, 2.45) is 15.7 Å². The summed E-state index contributed by atoms with van der Waals surface area (Å²) in [4.78, 5) is 20.5. The van der Waals surface area contributed by atoms with Crippen LogP contribution in [0.1, 0.15) is 5.76 Å². The van der Waals surface area contributed by atoms with E-state index in [1.807, 2.05) is 6.20 Å². The summed E-state index contributed by atoms with van der Waals surface area (Å²) in [6.45, 7) is 2.96. The molecule has 1 fully saturated rings. The first-order valence-electron chi connectivity index (χ1n) is 6.79. The number of nitro groups is 1. The van der Waals surface area contributed by atoms with E-state index in [2.05, 4.69) is 14.9 Å². The van der Waals surface area contributed by atoms with Crippen LogP contribution < -0.4 is 5.73 Å². The number of nitrogens with two attached hydrogens (primary N) is 1. The van der Waals surface area contributed by atoms with Crippen molar-refractivity contribution in [1.29, 1.82) is 0 Å². The molecule has 2 aliphatic heterocycles. The number of rotatable bonds is 3. The third kappa shape index (κ3) is 3.05. The number of furan rings is 1. The third-order valence-corrected chi connectivity index (χ3v) is 3.31. The summed E-state index contributed by atoms with van der Waals surface area (Å²) in [5.41, 5.74) is 6.78. The fourth-order valence-electron chi connectivity index (χ4n) is 2.15. The summed E-state index contributed by atoms with van der Waals surface area (Å²) in [6.07, 6.45) is 2.94. The minimum Gasteiger partial charge on any atom is -0.397 e. The van der Waals surface area contributed by atoms with Crippen molar-refractivity contribution in [2.75, 3.05) is 26.3 Å². The second kappa shape index (κ2) is 6.08. The van der Waals surface area contributed by atoms with Gasteiger partial charge in [0.25, 0.3) is 0 Å². The minimum atomic E-state index is -0.611. The molecule has 1 atom stereocenters. The van der Waals surface area contributed by atoms with Gasteiger partial charge in [0, 0.05) is 31.1 Å². The Morgan fingerprint density at radius 1 is 1.41 bits per heavy atom. The Hall–Kier alpha value is -2.52. The van der Waals surface area contributed by atoms with Crippen molar-refractivity contribution >= 4 is 17.9 Å². The molecular weight excluding hydrogens is 290 g/mol. The summed E-state index contributed by atoms with van der Waals surface area (Å²) in [5, 5.41) is 10.6. The summed E-state index contributed by atoms with van der Waals surface area (Å²) >= 11 is 0. The van der Waals surface area contributed by atoms with Crippen LogP contribution in [0.3, 0.4) is 0 Å². The maximum Gasteiger partial charge on any atom is 0.433 e. The van der Waals surface area contributed by atoms with E-state index in [1.54, 1.807) is 6.21 Å². The quantitative estimate of drug-likeness (QED) is 0.642. The molecule has 3 rings (SSSR count). The molecule has 116 valence electrons. The van der Waals surface area contributed by atoms with E-state index in [4.69, 9.17) is 14.9 Å². The highest BCUT2D eigenvalue weighted by molar-refractivity contribution is 6.05. The molecule has 1 unspecified atom stereocenters. The normalized spacial score (nSPS) is 23.7. The van der Waals surface area contributed by atoms with Crippen LogP contribution in [-0.4, -0.2) is 54.3 Å². The van der Waals surface area contributed by atoms with Crippen molar-refractivity contribution in [1.82, 2.24) is 4.90 Å². The van der Waals surface area contributed by atoms with Gasteiger partial charge in [0.1, 0.15) is 11.1 Å². The average Bonchev–Trinajstić information content (AvgIpc) is 3.00. The SMILES string of the molecule is NC1N=C(c2ccc([N+](=O)[O-])o2)N=CC1=CN1CCOCC1. The van der Waals surface area contributed by atoms with E-state index in [9.17, 15) is 10.1 Å². The number of hydrogen-bond donors (Lipinski definition) is 1. The van der Waals surface area contributed by atoms with Gasteiger partial charge in [-0.25, -0.2) is 9.98 Å². The molecule has 3 heterocycles. The van der Waals surface area contributed by atoms with Crippen molar-refractivity contribution in [3.63, 3.8) is 0 Å². The molecule has 1 aromatic heterocycles. The largest absolute Gasteiger partial charge is 0.433 e. The zero-order valence-electron chi connectivity index (χ0n) is 11.7. The molecule has 0 saturated carbocycles. The molecule has 22 heavy (non-hydrogen) atoms. The van der Waals surface area contributed by atoms with Gasteiger partial charge in [-0.3, -0.25) is 10.1 Å². The lowest BCUT2D eigenvalue weighted by Crippen LogP contribution is -2.35. The van der Waals surface area contributed by atoms with Crippen LogP contribution in [0.4, 0.5) is 5.88 Å². The van der Waals surface area contributed by atoms with E-state index in [0.29, 0.717) is 13.2 Å². The van der Waals surface area contributed by atoms with Gasteiger partial charge in [-0.2, -0.15) is 0 Å². The van der Waals surface area contributed by atoms with Crippen LogP contribution in [0.25, 0.3) is 0 Å². The molecule has 0 radical (unpaired) electrons. The van der Waals surface area contributed by atoms with Crippen LogP contribution in [0.2, 0.25) is 0 Å². The first-order valence-corrected chi connectivity index (χ1v) is 6.79. The molecule has 1 saturated heterocycles. The van der Waals surface area contributed by atoms with Crippen LogP contribution in [0.15, 0.2) is 38.3 Å². The maximum absolute atomic E-state index is 10.6. The van der Waals surface area contributed by atoms with Gasteiger partial charge in [-0.1, -0.05) is 0 Å². The van der Waals surface area contributed by atoms with Crippen LogP contribution in [0, 0.1) is 10.1 Å². The lowest BCUT2D eigenvalue weighted by Gasteiger charge is -2.27. The highest BCUT2D eigenvalue weighted by atomic mass is 16.6. The Labute approximate surface area is 125 Å². The maximum atomic E-state index is 10.6. The molecule has 0 aromatic carbocycles. The molecule has 0 spiro atoms. The summed E-state index contributed by atoms with van der Waals surface area (Å²) in [6, 6.07) is 2.72. The summed E-state index contributed by atoms with van der Waals surface area (Å²) in [5.74, 6) is 0.125. The van der Waals surface area contributed by atoms with E-state index < -0.39 is 11.1 Å². The minimum absolute atomic E-state index is 0.226. The van der Waals surface area contributed by atoms with Crippen molar-refractivity contribution < 1.29 is 14.1 Å². The fraction of sp³-hybridized carbons (Fsp3) is 0.385. The molecule has 0 amide bonds. The van der Waals surface area contributed by atoms with Gasteiger partial charge < -0.3 is 19.8 Å². The molecule has 9 nitrogen and oxygen atoms in total. The lowest BCUT2D eigenvalue weighted by atomic mass is 10.2. The van der Waals surface area contributed by atoms with Gasteiger partial charge in [0.15, 0.2) is 11.6 Å². The van der Waals surface area contributed by atoms with Gasteiger partial charge in [-0.15, -0.1) is 0 Å². The monoisotopic (exact) mass is 305 g/mol. The van der Waals surface area contributed by atoms with Gasteiger partial charge >= 0.3 is 5.88 Å². The molecule has 0 aliphatic carbocycles.